The van der Waals surface area contributed by atoms with Crippen LogP contribution in [0.15, 0.2) is 0 Å². The molecule has 1 unspecified atom stereocenters. The summed E-state index contributed by atoms with van der Waals surface area (Å²) in [6, 6.07) is 0. The topological polar surface area (TPSA) is 81.7 Å². The molecule has 0 aromatic carbocycles. The van der Waals surface area contributed by atoms with Crippen molar-refractivity contribution in [2.75, 3.05) is 13.2 Å². The van der Waals surface area contributed by atoms with Crippen LogP contribution in [0.1, 0.15) is 12.8 Å². The molecule has 1 aliphatic rings. The Bertz CT molecular complexity index is 166. The van der Waals surface area contributed by atoms with Crippen LogP contribution in [-0.4, -0.2) is 19.3 Å². The molecule has 1 rings (SSSR count). The minimum Gasteiger partial charge on any atom is -0.790 e. The van der Waals surface area contributed by atoms with Gasteiger partial charge in [-0.3, -0.25) is 0 Å². The predicted octanol–water partition coefficient (Wildman–Crippen LogP) is -6.98. The van der Waals surface area contributed by atoms with Crippen molar-refractivity contribution in [3.63, 3.8) is 0 Å². The molecule has 1 fully saturated rings. The van der Waals surface area contributed by atoms with Gasteiger partial charge in [-0.25, -0.2) is 0 Å². The fourth-order valence-corrected chi connectivity index (χ4v) is 1.30. The number of rotatable bonds is 3. The van der Waals surface area contributed by atoms with Crippen LogP contribution in [0.3, 0.4) is 0 Å². The summed E-state index contributed by atoms with van der Waals surface area (Å²) in [5.74, 6) is 0. The molecule has 13 heavy (non-hydrogen) atoms. The molecule has 1 saturated heterocycles. The average molecular weight is 226 g/mol. The zero-order valence-corrected chi connectivity index (χ0v) is 12.8. The molecule has 0 N–H and O–H groups in total. The Kier molecular flexibility index (Phi) is 11.1. The van der Waals surface area contributed by atoms with Crippen LogP contribution in [0.2, 0.25) is 0 Å². The molecular formula is C5H9Na2O5P. The van der Waals surface area contributed by atoms with Gasteiger partial charge in [-0.1, -0.05) is 0 Å². The van der Waals surface area contributed by atoms with E-state index >= 15 is 0 Å². The Morgan fingerprint density at radius 1 is 1.46 bits per heavy atom. The quantitative estimate of drug-likeness (QED) is 0.353. The van der Waals surface area contributed by atoms with E-state index in [-0.39, 0.29) is 71.8 Å². The first-order valence-corrected chi connectivity index (χ1v) is 4.82. The first kappa shape index (κ1) is 17.5. The minimum absolute atomic E-state index is 0. The van der Waals surface area contributed by atoms with E-state index in [0.29, 0.717) is 6.61 Å². The molecule has 0 amide bonds. The van der Waals surface area contributed by atoms with Crippen molar-refractivity contribution in [1.82, 2.24) is 0 Å². The van der Waals surface area contributed by atoms with Gasteiger partial charge >= 0.3 is 59.1 Å². The molecule has 1 atom stereocenters. The van der Waals surface area contributed by atoms with E-state index in [1.54, 1.807) is 0 Å². The standard InChI is InChI=1S/C5H11O5P.2Na/c6-11(7,8)10-4-5-2-1-3-9-5;;/h5H,1-4H2,(H2,6,7,8);;/q;2*+1/p-2. The van der Waals surface area contributed by atoms with E-state index in [0.717, 1.165) is 12.8 Å². The molecule has 0 aliphatic carbocycles. The second kappa shape index (κ2) is 8.25. The number of hydrogen-bond donors (Lipinski definition) is 0. The van der Waals surface area contributed by atoms with E-state index in [1.165, 1.54) is 0 Å². The second-order valence-corrected chi connectivity index (χ2v) is 3.53. The fraction of sp³-hybridized carbons (Fsp3) is 1.00. The summed E-state index contributed by atoms with van der Waals surface area (Å²) in [7, 11) is -4.80. The Hall–Kier alpha value is 2.07. The van der Waals surface area contributed by atoms with Crippen molar-refractivity contribution in [3.8, 4) is 0 Å². The van der Waals surface area contributed by atoms with Gasteiger partial charge in [0.15, 0.2) is 0 Å². The van der Waals surface area contributed by atoms with Gasteiger partial charge in [-0.15, -0.1) is 0 Å². The van der Waals surface area contributed by atoms with Crippen molar-refractivity contribution in [3.05, 3.63) is 0 Å². The van der Waals surface area contributed by atoms with Crippen molar-refractivity contribution in [2.24, 2.45) is 0 Å². The van der Waals surface area contributed by atoms with Crippen LogP contribution < -0.4 is 68.9 Å². The maximum absolute atomic E-state index is 9.98. The maximum atomic E-state index is 9.98. The summed E-state index contributed by atoms with van der Waals surface area (Å²) in [5.41, 5.74) is 0. The Labute approximate surface area is 121 Å². The van der Waals surface area contributed by atoms with Gasteiger partial charge in [0.05, 0.1) is 20.5 Å². The monoisotopic (exact) mass is 226 g/mol. The van der Waals surface area contributed by atoms with Crippen LogP contribution in [0.25, 0.3) is 0 Å². The first-order chi connectivity index (χ1) is 5.08. The molecule has 1 heterocycles. The number of phosphoric acid groups is 1. The first-order valence-electron chi connectivity index (χ1n) is 3.36. The smallest absolute Gasteiger partial charge is 0.790 e. The van der Waals surface area contributed by atoms with Gasteiger partial charge in [0.25, 0.3) is 0 Å². The SMILES string of the molecule is O=P([O-])([O-])OCC1CCCO1.[Na+].[Na+]. The molecule has 0 saturated carbocycles. The summed E-state index contributed by atoms with van der Waals surface area (Å²) in [6.45, 7) is 0.486. The van der Waals surface area contributed by atoms with Crippen LogP contribution in [0.5, 0.6) is 0 Å². The van der Waals surface area contributed by atoms with Gasteiger partial charge in [0.1, 0.15) is 0 Å². The predicted molar refractivity (Wildman–Crippen MR) is 32.5 cm³/mol. The Balaban J connectivity index is 0. The van der Waals surface area contributed by atoms with Gasteiger partial charge in [0.2, 0.25) is 0 Å². The van der Waals surface area contributed by atoms with Crippen molar-refractivity contribution in [1.29, 1.82) is 0 Å². The van der Waals surface area contributed by atoms with Gasteiger partial charge in [-0.05, 0) is 12.8 Å². The number of hydrogen-bond acceptors (Lipinski definition) is 5. The second-order valence-electron chi connectivity index (χ2n) is 2.38. The molecule has 5 nitrogen and oxygen atoms in total. The number of ether oxygens (including phenoxy) is 1. The summed E-state index contributed by atoms with van der Waals surface area (Å²) in [6.07, 6.45) is 1.45. The van der Waals surface area contributed by atoms with Gasteiger partial charge in [0, 0.05) is 6.61 Å². The largest absolute Gasteiger partial charge is 1.00 e. The average Bonchev–Trinajstić information content (AvgIpc) is 2.32. The minimum atomic E-state index is -4.80. The van der Waals surface area contributed by atoms with E-state index in [4.69, 9.17) is 4.74 Å². The van der Waals surface area contributed by atoms with E-state index in [9.17, 15) is 14.4 Å². The van der Waals surface area contributed by atoms with E-state index in [1.807, 2.05) is 0 Å². The number of phosphoric ester groups is 1. The molecule has 8 heteroatoms. The molecule has 0 bridgehead atoms. The molecule has 0 aromatic rings. The van der Waals surface area contributed by atoms with Crippen LogP contribution in [0, 0.1) is 0 Å². The fourth-order valence-electron chi connectivity index (χ4n) is 0.950. The summed E-state index contributed by atoms with van der Waals surface area (Å²) in [4.78, 5) is 20.0. The molecular weight excluding hydrogens is 217 g/mol. The van der Waals surface area contributed by atoms with E-state index in [2.05, 4.69) is 4.52 Å². The summed E-state index contributed by atoms with van der Waals surface area (Å²) in [5, 5.41) is 0. The Morgan fingerprint density at radius 3 is 2.46 bits per heavy atom. The van der Waals surface area contributed by atoms with Crippen molar-refractivity contribution in [2.45, 2.75) is 18.9 Å². The molecule has 0 aromatic heterocycles. The maximum Gasteiger partial charge on any atom is 1.00 e. The third-order valence-corrected chi connectivity index (χ3v) is 1.91. The molecule has 0 spiro atoms. The molecule has 1 aliphatic heterocycles. The van der Waals surface area contributed by atoms with Gasteiger partial charge < -0.3 is 23.6 Å². The summed E-state index contributed by atoms with van der Waals surface area (Å²) < 4.78 is 19.0. The zero-order chi connectivity index (χ0) is 8.32. The molecule has 0 radical (unpaired) electrons. The van der Waals surface area contributed by atoms with Crippen LogP contribution in [0.4, 0.5) is 0 Å². The van der Waals surface area contributed by atoms with Crippen molar-refractivity contribution < 1.29 is 82.7 Å². The van der Waals surface area contributed by atoms with Crippen LogP contribution in [-0.2, 0) is 13.8 Å². The third-order valence-electron chi connectivity index (χ3n) is 1.44. The Morgan fingerprint density at radius 2 is 2.08 bits per heavy atom. The van der Waals surface area contributed by atoms with E-state index < -0.39 is 7.82 Å². The van der Waals surface area contributed by atoms with Crippen molar-refractivity contribution >= 4 is 7.82 Å². The van der Waals surface area contributed by atoms with Gasteiger partial charge in [-0.2, -0.15) is 0 Å². The molecule has 66 valence electrons. The third kappa shape index (κ3) is 9.03. The zero-order valence-electron chi connectivity index (χ0n) is 7.89. The summed E-state index contributed by atoms with van der Waals surface area (Å²) >= 11 is 0. The normalized spacial score (nSPS) is 21.8. The van der Waals surface area contributed by atoms with Crippen LogP contribution >= 0.6 is 7.82 Å².